The van der Waals surface area contributed by atoms with Crippen molar-refractivity contribution in [1.29, 1.82) is 0 Å². The zero-order valence-electron chi connectivity index (χ0n) is 13.8. The van der Waals surface area contributed by atoms with Crippen LogP contribution in [-0.2, 0) is 10.0 Å². The highest BCUT2D eigenvalue weighted by atomic mass is 32.2. The molecule has 3 heterocycles. The fourth-order valence-electron chi connectivity index (χ4n) is 3.75. The number of hydrogen-bond donors (Lipinski definition) is 0. The lowest BCUT2D eigenvalue weighted by atomic mass is 9.76. The summed E-state index contributed by atoms with van der Waals surface area (Å²) in [6.07, 6.45) is 3.67. The fraction of sp³-hybridized carbons (Fsp3) is 0.688. The van der Waals surface area contributed by atoms with Gasteiger partial charge in [-0.15, -0.1) is 0 Å². The molecule has 1 aromatic heterocycles. The van der Waals surface area contributed by atoms with E-state index in [4.69, 9.17) is 0 Å². The third kappa shape index (κ3) is 3.01. The molecule has 1 spiro atoms. The average Bonchev–Trinajstić information content (AvgIpc) is 2.97. The van der Waals surface area contributed by atoms with Crippen molar-refractivity contribution in [3.05, 3.63) is 24.5 Å². The summed E-state index contributed by atoms with van der Waals surface area (Å²) in [6.45, 7) is 2.24. The van der Waals surface area contributed by atoms with Crippen LogP contribution in [0.15, 0.2) is 24.5 Å². The summed E-state index contributed by atoms with van der Waals surface area (Å²) in [5, 5.41) is 0. The minimum Gasteiger partial charge on any atom is -0.369 e. The molecule has 3 rings (SSSR count). The van der Waals surface area contributed by atoms with Gasteiger partial charge >= 0.3 is 0 Å². The predicted molar refractivity (Wildman–Crippen MR) is 88.7 cm³/mol. The maximum atomic E-state index is 14.7. The van der Waals surface area contributed by atoms with Gasteiger partial charge in [0.05, 0.1) is 23.1 Å². The number of pyridine rings is 1. The molecule has 2 fully saturated rings. The van der Waals surface area contributed by atoms with E-state index < -0.39 is 27.8 Å². The number of alkyl halides is 2. The van der Waals surface area contributed by atoms with E-state index in [9.17, 15) is 17.2 Å². The molecule has 8 heteroatoms. The van der Waals surface area contributed by atoms with Gasteiger partial charge in [-0.05, 0) is 25.0 Å². The molecule has 2 aliphatic rings. The minimum atomic E-state index is -3.46. The minimum absolute atomic E-state index is 0.0149. The number of sulfonamides is 1. The molecule has 0 saturated carbocycles. The normalized spacial score (nSPS) is 27.7. The Hall–Kier alpha value is -1.28. The first-order chi connectivity index (χ1) is 11.3. The first-order valence-electron chi connectivity index (χ1n) is 8.30. The van der Waals surface area contributed by atoms with Gasteiger partial charge in [-0.25, -0.2) is 21.5 Å². The number of aromatic nitrogens is 1. The SMILES string of the molecule is CCCS(=O)(=O)N1CCC(F)(F)[C@]2(CCN(c3cccnc3)C2)C1. The second-order valence-electron chi connectivity index (χ2n) is 6.77. The Balaban J connectivity index is 1.84. The summed E-state index contributed by atoms with van der Waals surface area (Å²) >= 11 is 0. The second-order valence-corrected chi connectivity index (χ2v) is 8.86. The molecule has 1 atom stereocenters. The average molecular weight is 359 g/mol. The number of halogens is 2. The van der Waals surface area contributed by atoms with E-state index in [1.54, 1.807) is 25.4 Å². The number of rotatable bonds is 4. The summed E-state index contributed by atoms with van der Waals surface area (Å²) in [6, 6.07) is 3.62. The first kappa shape index (κ1) is 17.5. The molecule has 5 nitrogen and oxygen atoms in total. The van der Waals surface area contributed by atoms with Crippen LogP contribution in [0.2, 0.25) is 0 Å². The molecule has 0 N–H and O–H groups in total. The largest absolute Gasteiger partial charge is 0.369 e. The predicted octanol–water partition coefficient (Wildman–Crippen LogP) is 2.36. The van der Waals surface area contributed by atoms with Gasteiger partial charge in [-0.3, -0.25) is 4.98 Å². The van der Waals surface area contributed by atoms with E-state index in [0.29, 0.717) is 13.0 Å². The van der Waals surface area contributed by atoms with Crippen molar-refractivity contribution in [3.63, 3.8) is 0 Å². The standard InChI is InChI=1S/C16H23F2N3O2S/c1-2-10-24(22,23)21-9-6-16(17,18)15(13-21)5-8-20(12-15)14-4-3-7-19-11-14/h3-4,7,11H,2,5-6,8-10,12-13H2,1H3/t15-/m0/s1. The first-order valence-corrected chi connectivity index (χ1v) is 9.91. The maximum absolute atomic E-state index is 14.7. The molecule has 0 unspecified atom stereocenters. The van der Waals surface area contributed by atoms with Crippen LogP contribution in [0.25, 0.3) is 0 Å². The monoisotopic (exact) mass is 359 g/mol. The topological polar surface area (TPSA) is 53.5 Å². The number of nitrogens with zero attached hydrogens (tertiary/aromatic N) is 3. The van der Waals surface area contributed by atoms with E-state index in [-0.39, 0.29) is 31.8 Å². The summed E-state index contributed by atoms with van der Waals surface area (Å²) in [5.74, 6) is -2.84. The lowest BCUT2D eigenvalue weighted by Gasteiger charge is -2.45. The summed E-state index contributed by atoms with van der Waals surface area (Å²) in [5.41, 5.74) is -0.513. The van der Waals surface area contributed by atoms with E-state index in [2.05, 4.69) is 4.98 Å². The molecule has 2 aliphatic heterocycles. The summed E-state index contributed by atoms with van der Waals surface area (Å²) < 4.78 is 55.4. The van der Waals surface area contributed by atoms with Gasteiger partial charge in [0, 0.05) is 38.8 Å². The van der Waals surface area contributed by atoms with Crippen molar-refractivity contribution >= 4 is 15.7 Å². The third-order valence-electron chi connectivity index (χ3n) is 5.15. The van der Waals surface area contributed by atoms with Crippen LogP contribution in [0, 0.1) is 5.41 Å². The van der Waals surface area contributed by atoms with Crippen LogP contribution in [0.4, 0.5) is 14.5 Å². The number of anilines is 1. The Labute approximate surface area is 141 Å². The molecule has 0 aromatic carbocycles. The molecule has 2 saturated heterocycles. The quantitative estimate of drug-likeness (QED) is 0.828. The molecule has 0 bridgehead atoms. The van der Waals surface area contributed by atoms with Crippen molar-refractivity contribution < 1.29 is 17.2 Å². The lowest BCUT2D eigenvalue weighted by Crippen LogP contribution is -2.58. The summed E-state index contributed by atoms with van der Waals surface area (Å²) in [4.78, 5) is 5.93. The second kappa shape index (κ2) is 6.22. The Bertz CT molecular complexity index is 684. The molecular formula is C16H23F2N3O2S. The third-order valence-corrected chi connectivity index (χ3v) is 7.17. The Morgan fingerprint density at radius 3 is 2.71 bits per heavy atom. The number of piperidine rings is 1. The Kier molecular flexibility index (Phi) is 4.55. The van der Waals surface area contributed by atoms with Gasteiger partial charge in [-0.2, -0.15) is 0 Å². The van der Waals surface area contributed by atoms with Crippen LogP contribution in [0.1, 0.15) is 26.2 Å². The van der Waals surface area contributed by atoms with E-state index in [1.807, 2.05) is 11.0 Å². The van der Waals surface area contributed by atoms with Crippen molar-refractivity contribution in [2.45, 2.75) is 32.1 Å². The molecular weight excluding hydrogens is 336 g/mol. The smallest absolute Gasteiger partial charge is 0.257 e. The lowest BCUT2D eigenvalue weighted by molar-refractivity contribution is -0.145. The van der Waals surface area contributed by atoms with Crippen LogP contribution < -0.4 is 4.90 Å². The fourth-order valence-corrected chi connectivity index (χ4v) is 5.34. The molecule has 134 valence electrons. The van der Waals surface area contributed by atoms with Gasteiger partial charge in [0.1, 0.15) is 0 Å². The highest BCUT2D eigenvalue weighted by Crippen LogP contribution is 2.50. The van der Waals surface area contributed by atoms with Crippen LogP contribution >= 0.6 is 0 Å². The van der Waals surface area contributed by atoms with Crippen molar-refractivity contribution in [1.82, 2.24) is 9.29 Å². The molecule has 1 aromatic rings. The Morgan fingerprint density at radius 2 is 2.04 bits per heavy atom. The van der Waals surface area contributed by atoms with Gasteiger partial charge in [-0.1, -0.05) is 6.92 Å². The highest BCUT2D eigenvalue weighted by Gasteiger charge is 2.60. The van der Waals surface area contributed by atoms with Gasteiger partial charge in [0.2, 0.25) is 10.0 Å². The Morgan fingerprint density at radius 1 is 1.25 bits per heavy atom. The van der Waals surface area contributed by atoms with Crippen LogP contribution in [0.3, 0.4) is 0 Å². The molecule has 0 amide bonds. The molecule has 0 aliphatic carbocycles. The van der Waals surface area contributed by atoms with Crippen LogP contribution in [-0.4, -0.2) is 55.6 Å². The maximum Gasteiger partial charge on any atom is 0.257 e. The zero-order valence-corrected chi connectivity index (χ0v) is 14.6. The van der Waals surface area contributed by atoms with Crippen molar-refractivity contribution in [2.24, 2.45) is 5.41 Å². The van der Waals surface area contributed by atoms with Crippen molar-refractivity contribution in [2.75, 3.05) is 36.8 Å². The highest BCUT2D eigenvalue weighted by molar-refractivity contribution is 7.89. The molecule has 0 radical (unpaired) electrons. The van der Waals surface area contributed by atoms with Crippen molar-refractivity contribution in [3.8, 4) is 0 Å². The summed E-state index contributed by atoms with van der Waals surface area (Å²) in [7, 11) is -3.46. The van der Waals surface area contributed by atoms with E-state index in [0.717, 1.165) is 5.69 Å². The van der Waals surface area contributed by atoms with Gasteiger partial charge in [0.25, 0.3) is 5.92 Å². The molecule has 24 heavy (non-hydrogen) atoms. The van der Waals surface area contributed by atoms with E-state index >= 15 is 0 Å². The van der Waals surface area contributed by atoms with Gasteiger partial charge in [0.15, 0.2) is 0 Å². The van der Waals surface area contributed by atoms with E-state index in [1.165, 1.54) is 4.31 Å². The van der Waals surface area contributed by atoms with Gasteiger partial charge < -0.3 is 4.90 Å². The number of hydrogen-bond acceptors (Lipinski definition) is 4. The zero-order chi connectivity index (χ0) is 17.4. The van der Waals surface area contributed by atoms with Crippen LogP contribution in [0.5, 0.6) is 0 Å².